The van der Waals surface area contributed by atoms with Crippen molar-refractivity contribution in [2.24, 2.45) is 0 Å². The Kier molecular flexibility index (Phi) is 5.98. The Morgan fingerprint density at radius 2 is 1.96 bits per heavy atom. The third-order valence-electron chi connectivity index (χ3n) is 3.98. The van der Waals surface area contributed by atoms with Gasteiger partial charge in [-0.05, 0) is 48.7 Å². The number of aryl methyl sites for hydroxylation is 1. The van der Waals surface area contributed by atoms with Crippen LogP contribution >= 0.6 is 11.6 Å². The fraction of sp³-hybridized carbons (Fsp3) is 0.150. The van der Waals surface area contributed by atoms with E-state index in [9.17, 15) is 9.18 Å². The first kappa shape index (κ1) is 18.8. The number of nitrogens with zero attached hydrogens (tertiary/aromatic N) is 2. The predicted molar refractivity (Wildman–Crippen MR) is 105 cm³/mol. The van der Waals surface area contributed by atoms with Crippen LogP contribution in [0, 0.1) is 12.7 Å². The highest BCUT2D eigenvalue weighted by Crippen LogP contribution is 2.20. The van der Waals surface area contributed by atoms with Crippen LogP contribution in [0.25, 0.3) is 0 Å². The van der Waals surface area contributed by atoms with Gasteiger partial charge in [0.1, 0.15) is 17.3 Å². The number of benzene rings is 2. The SMILES string of the molecule is Cc1cc(Cl)ccc1NC(=O)c1cnc(NCCc2ccccc2F)cn1. The molecule has 0 fully saturated rings. The normalized spacial score (nSPS) is 10.5. The molecule has 2 aromatic carbocycles. The summed E-state index contributed by atoms with van der Waals surface area (Å²) in [7, 11) is 0. The number of hydrogen-bond donors (Lipinski definition) is 2. The van der Waals surface area contributed by atoms with Crippen molar-refractivity contribution in [2.75, 3.05) is 17.2 Å². The van der Waals surface area contributed by atoms with Gasteiger partial charge in [0.25, 0.3) is 5.91 Å². The van der Waals surface area contributed by atoms with Crippen molar-refractivity contribution in [3.8, 4) is 0 Å². The monoisotopic (exact) mass is 384 g/mol. The summed E-state index contributed by atoms with van der Waals surface area (Å²) in [6.45, 7) is 2.36. The highest BCUT2D eigenvalue weighted by Gasteiger charge is 2.10. The summed E-state index contributed by atoms with van der Waals surface area (Å²) in [5, 5.41) is 6.45. The van der Waals surface area contributed by atoms with E-state index in [0.717, 1.165) is 5.56 Å². The molecule has 0 unspecified atom stereocenters. The molecule has 1 amide bonds. The maximum atomic E-state index is 13.6. The third kappa shape index (κ3) is 5.01. The molecule has 0 aliphatic carbocycles. The van der Waals surface area contributed by atoms with E-state index in [-0.39, 0.29) is 17.4 Å². The van der Waals surface area contributed by atoms with Crippen LogP contribution in [-0.2, 0) is 6.42 Å². The lowest BCUT2D eigenvalue weighted by atomic mass is 10.1. The molecule has 138 valence electrons. The van der Waals surface area contributed by atoms with Crippen LogP contribution in [-0.4, -0.2) is 22.4 Å². The van der Waals surface area contributed by atoms with Crippen molar-refractivity contribution in [1.82, 2.24) is 9.97 Å². The van der Waals surface area contributed by atoms with Gasteiger partial charge in [0.2, 0.25) is 0 Å². The number of halogens is 2. The van der Waals surface area contributed by atoms with Crippen molar-refractivity contribution >= 4 is 29.0 Å². The summed E-state index contributed by atoms with van der Waals surface area (Å²) in [6, 6.07) is 11.9. The topological polar surface area (TPSA) is 66.9 Å². The molecule has 7 heteroatoms. The Morgan fingerprint density at radius 1 is 1.15 bits per heavy atom. The summed E-state index contributed by atoms with van der Waals surface area (Å²) in [5.41, 5.74) is 2.35. The molecule has 0 aliphatic heterocycles. The Balaban J connectivity index is 1.56. The summed E-state index contributed by atoms with van der Waals surface area (Å²) >= 11 is 5.91. The van der Waals surface area contributed by atoms with Crippen LogP contribution < -0.4 is 10.6 Å². The van der Waals surface area contributed by atoms with E-state index in [2.05, 4.69) is 20.6 Å². The minimum atomic E-state index is -0.356. The minimum Gasteiger partial charge on any atom is -0.368 e. The predicted octanol–water partition coefficient (Wildman–Crippen LogP) is 4.48. The molecule has 3 rings (SSSR count). The van der Waals surface area contributed by atoms with Crippen LogP contribution in [0.15, 0.2) is 54.9 Å². The maximum absolute atomic E-state index is 13.6. The number of anilines is 2. The molecule has 5 nitrogen and oxygen atoms in total. The largest absolute Gasteiger partial charge is 0.368 e. The van der Waals surface area contributed by atoms with Gasteiger partial charge in [-0.3, -0.25) is 4.79 Å². The van der Waals surface area contributed by atoms with Gasteiger partial charge >= 0.3 is 0 Å². The molecule has 2 N–H and O–H groups in total. The first-order valence-corrected chi connectivity index (χ1v) is 8.77. The number of rotatable bonds is 6. The average Bonchev–Trinajstić information content (AvgIpc) is 2.66. The van der Waals surface area contributed by atoms with Crippen molar-refractivity contribution in [3.05, 3.63) is 82.5 Å². The van der Waals surface area contributed by atoms with Crippen molar-refractivity contribution in [2.45, 2.75) is 13.3 Å². The summed E-state index contributed by atoms with van der Waals surface area (Å²) in [6.07, 6.45) is 3.39. The number of aromatic nitrogens is 2. The second-order valence-corrected chi connectivity index (χ2v) is 6.40. The maximum Gasteiger partial charge on any atom is 0.275 e. The Bertz CT molecular complexity index is 947. The smallest absolute Gasteiger partial charge is 0.275 e. The third-order valence-corrected chi connectivity index (χ3v) is 4.21. The quantitative estimate of drug-likeness (QED) is 0.657. The van der Waals surface area contributed by atoms with Crippen LogP contribution in [0.3, 0.4) is 0 Å². The van der Waals surface area contributed by atoms with Crippen LogP contribution in [0.5, 0.6) is 0 Å². The molecule has 0 saturated heterocycles. The molecule has 0 atom stereocenters. The molecule has 3 aromatic rings. The van der Waals surface area contributed by atoms with Crippen LogP contribution in [0.1, 0.15) is 21.6 Å². The van der Waals surface area contributed by atoms with E-state index < -0.39 is 0 Å². The van der Waals surface area contributed by atoms with E-state index in [1.54, 1.807) is 36.4 Å². The molecular weight excluding hydrogens is 367 g/mol. The Morgan fingerprint density at radius 3 is 2.67 bits per heavy atom. The molecule has 0 saturated carbocycles. The molecule has 0 bridgehead atoms. The highest BCUT2D eigenvalue weighted by atomic mass is 35.5. The first-order chi connectivity index (χ1) is 13.0. The fourth-order valence-electron chi connectivity index (χ4n) is 2.52. The fourth-order valence-corrected chi connectivity index (χ4v) is 2.74. The minimum absolute atomic E-state index is 0.198. The van der Waals surface area contributed by atoms with Crippen LogP contribution in [0.4, 0.5) is 15.9 Å². The van der Waals surface area contributed by atoms with Gasteiger partial charge in [-0.15, -0.1) is 0 Å². The van der Waals surface area contributed by atoms with Gasteiger partial charge in [0, 0.05) is 17.3 Å². The summed E-state index contributed by atoms with van der Waals surface area (Å²) < 4.78 is 13.6. The van der Waals surface area contributed by atoms with Crippen molar-refractivity contribution in [1.29, 1.82) is 0 Å². The second-order valence-electron chi connectivity index (χ2n) is 5.97. The second kappa shape index (κ2) is 8.60. The molecule has 0 aliphatic rings. The number of hydrogen-bond acceptors (Lipinski definition) is 4. The molecule has 0 spiro atoms. The van der Waals surface area contributed by atoms with E-state index >= 15 is 0 Å². The lowest BCUT2D eigenvalue weighted by Gasteiger charge is -2.09. The van der Waals surface area contributed by atoms with E-state index in [1.807, 2.05) is 6.92 Å². The van der Waals surface area contributed by atoms with Gasteiger partial charge in [-0.1, -0.05) is 29.8 Å². The lowest BCUT2D eigenvalue weighted by Crippen LogP contribution is -2.15. The van der Waals surface area contributed by atoms with Crippen molar-refractivity contribution in [3.63, 3.8) is 0 Å². The van der Waals surface area contributed by atoms with Crippen LogP contribution in [0.2, 0.25) is 5.02 Å². The summed E-state index contributed by atoms with van der Waals surface area (Å²) in [5.74, 6) is -0.0636. The molecule has 1 heterocycles. The number of carbonyl (C=O) groups is 1. The van der Waals surface area contributed by atoms with Gasteiger partial charge in [-0.2, -0.15) is 0 Å². The van der Waals surface area contributed by atoms with Gasteiger partial charge in [0.15, 0.2) is 0 Å². The van der Waals surface area contributed by atoms with Gasteiger partial charge in [0.05, 0.1) is 12.4 Å². The highest BCUT2D eigenvalue weighted by molar-refractivity contribution is 6.30. The summed E-state index contributed by atoms with van der Waals surface area (Å²) in [4.78, 5) is 20.6. The van der Waals surface area contributed by atoms with Gasteiger partial charge < -0.3 is 10.6 Å². The first-order valence-electron chi connectivity index (χ1n) is 8.40. The molecule has 0 radical (unpaired) electrons. The molecule has 27 heavy (non-hydrogen) atoms. The lowest BCUT2D eigenvalue weighted by molar-refractivity contribution is 0.102. The Hall–Kier alpha value is -2.99. The zero-order chi connectivity index (χ0) is 19.2. The molecule has 1 aromatic heterocycles. The number of amides is 1. The Labute approximate surface area is 161 Å². The number of nitrogens with one attached hydrogen (secondary N) is 2. The van der Waals surface area contributed by atoms with Gasteiger partial charge in [-0.25, -0.2) is 14.4 Å². The van der Waals surface area contributed by atoms with Crippen molar-refractivity contribution < 1.29 is 9.18 Å². The van der Waals surface area contributed by atoms with E-state index in [1.165, 1.54) is 18.5 Å². The zero-order valence-corrected chi connectivity index (χ0v) is 15.4. The average molecular weight is 385 g/mol. The standard InChI is InChI=1S/C20H18ClFN4O/c1-13-10-15(21)6-7-17(13)26-20(27)18-11-25-19(12-24-18)23-9-8-14-4-2-3-5-16(14)22/h2-7,10-12H,8-9H2,1H3,(H,23,25)(H,26,27). The van der Waals surface area contributed by atoms with E-state index in [4.69, 9.17) is 11.6 Å². The number of carbonyl (C=O) groups excluding carboxylic acids is 1. The zero-order valence-electron chi connectivity index (χ0n) is 14.7. The van der Waals surface area contributed by atoms with E-state index in [0.29, 0.717) is 35.1 Å². The molecular formula is C20H18ClFN4O.